The zero-order valence-corrected chi connectivity index (χ0v) is 17.2. The molecule has 2 aliphatic rings. The Balaban J connectivity index is 1.85. The first-order valence-electron chi connectivity index (χ1n) is 10.1. The van der Waals surface area contributed by atoms with Gasteiger partial charge in [0, 0.05) is 7.05 Å². The van der Waals surface area contributed by atoms with Crippen molar-refractivity contribution >= 4 is 22.9 Å². The lowest BCUT2D eigenvalue weighted by Crippen LogP contribution is -2.44. The summed E-state index contributed by atoms with van der Waals surface area (Å²) >= 11 is 0. The number of nitrogens with zero attached hydrogens (tertiary/aromatic N) is 2. The molecule has 154 valence electrons. The molecular formula is C23H24N4O3. The number of benzene rings is 2. The fourth-order valence-corrected chi connectivity index (χ4v) is 4.74. The summed E-state index contributed by atoms with van der Waals surface area (Å²) < 4.78 is 0. The van der Waals surface area contributed by atoms with Gasteiger partial charge in [-0.2, -0.15) is 0 Å². The molecule has 0 saturated heterocycles. The van der Waals surface area contributed by atoms with E-state index in [0.717, 1.165) is 34.5 Å². The summed E-state index contributed by atoms with van der Waals surface area (Å²) in [5, 5.41) is 11.1. The van der Waals surface area contributed by atoms with E-state index in [1.165, 1.54) is 5.56 Å². The molecule has 5 rings (SSSR count). The molecule has 7 nitrogen and oxygen atoms in total. The minimum absolute atomic E-state index is 0.341. The van der Waals surface area contributed by atoms with Gasteiger partial charge in [0.15, 0.2) is 0 Å². The number of anilines is 4. The zero-order valence-electron chi connectivity index (χ0n) is 17.2. The number of rotatable bonds is 1. The van der Waals surface area contributed by atoms with Gasteiger partial charge in [-0.15, -0.1) is 0 Å². The number of aliphatic hydroxyl groups is 1. The molecule has 0 fully saturated rings. The fraction of sp³-hybridized carbons (Fsp3) is 0.304. The van der Waals surface area contributed by atoms with Crippen molar-refractivity contribution in [3.63, 3.8) is 0 Å². The summed E-state index contributed by atoms with van der Waals surface area (Å²) in [5.41, 5.74) is 5.40. The van der Waals surface area contributed by atoms with Gasteiger partial charge in [-0.1, -0.05) is 24.3 Å². The van der Waals surface area contributed by atoms with E-state index in [9.17, 15) is 14.7 Å². The van der Waals surface area contributed by atoms with Crippen LogP contribution in [0.1, 0.15) is 34.7 Å². The molecule has 2 atom stereocenters. The van der Waals surface area contributed by atoms with Gasteiger partial charge in [-0.3, -0.25) is 14.8 Å². The Bertz CT molecular complexity index is 1280. The van der Waals surface area contributed by atoms with Crippen LogP contribution in [0.3, 0.4) is 0 Å². The standard InChI is InChI=1S/C23H24N4O3/c1-12-10-16-17(11-13(12)2)27(20-21(26(16)3)24-23(30)25-22(20)29)19-15-7-5-4-6-14(15)8-9-18(19)28/h4-7,10-11,18-19,28H,8-9H2,1-3H3,(H2,24,25,29,30)/t18-,19-/m1/s1. The van der Waals surface area contributed by atoms with Crippen LogP contribution in [-0.4, -0.2) is 28.2 Å². The lowest BCUT2D eigenvalue weighted by atomic mass is 9.83. The summed E-state index contributed by atoms with van der Waals surface area (Å²) in [6.07, 6.45) is 0.734. The second-order valence-electron chi connectivity index (χ2n) is 8.21. The maximum Gasteiger partial charge on any atom is 0.327 e. The van der Waals surface area contributed by atoms with E-state index >= 15 is 0 Å². The van der Waals surface area contributed by atoms with Crippen LogP contribution >= 0.6 is 0 Å². The van der Waals surface area contributed by atoms with Crippen molar-refractivity contribution in [2.24, 2.45) is 0 Å². The number of hydrogen-bond acceptors (Lipinski definition) is 5. The number of aromatic amines is 2. The molecule has 7 heteroatoms. The molecule has 0 radical (unpaired) electrons. The highest BCUT2D eigenvalue weighted by molar-refractivity contribution is 5.92. The summed E-state index contributed by atoms with van der Waals surface area (Å²) in [4.78, 5) is 34.0. The average Bonchev–Trinajstić information content (AvgIpc) is 2.71. The van der Waals surface area contributed by atoms with Gasteiger partial charge in [0.25, 0.3) is 5.56 Å². The highest BCUT2D eigenvalue weighted by atomic mass is 16.3. The Morgan fingerprint density at radius 2 is 1.73 bits per heavy atom. The van der Waals surface area contributed by atoms with E-state index in [2.05, 4.69) is 28.2 Å². The Hall–Kier alpha value is -3.32. The van der Waals surface area contributed by atoms with Crippen LogP contribution in [-0.2, 0) is 6.42 Å². The predicted octanol–water partition coefficient (Wildman–Crippen LogP) is 2.95. The number of aryl methyl sites for hydroxylation is 3. The third kappa shape index (κ3) is 2.62. The lowest BCUT2D eigenvalue weighted by Gasteiger charge is -2.45. The molecule has 3 aromatic rings. The Morgan fingerprint density at radius 1 is 1.03 bits per heavy atom. The third-order valence-electron chi connectivity index (χ3n) is 6.41. The number of hydrogen-bond donors (Lipinski definition) is 3. The molecule has 30 heavy (non-hydrogen) atoms. The minimum atomic E-state index is -0.656. The lowest BCUT2D eigenvalue weighted by molar-refractivity contribution is 0.127. The Morgan fingerprint density at radius 3 is 2.50 bits per heavy atom. The van der Waals surface area contributed by atoms with Gasteiger partial charge in [0.1, 0.15) is 11.5 Å². The molecule has 1 aliphatic carbocycles. The Kier molecular flexibility index (Phi) is 4.11. The smallest absolute Gasteiger partial charge is 0.327 e. The molecule has 0 amide bonds. The van der Waals surface area contributed by atoms with E-state index in [4.69, 9.17) is 0 Å². The van der Waals surface area contributed by atoms with Crippen LogP contribution in [0, 0.1) is 13.8 Å². The van der Waals surface area contributed by atoms with Crippen molar-refractivity contribution in [2.75, 3.05) is 16.8 Å². The van der Waals surface area contributed by atoms with Crippen molar-refractivity contribution in [1.29, 1.82) is 0 Å². The van der Waals surface area contributed by atoms with Gasteiger partial charge in [0.05, 0.1) is 23.5 Å². The quantitative estimate of drug-likeness (QED) is 0.580. The topological polar surface area (TPSA) is 92.4 Å². The number of fused-ring (bicyclic) bond motifs is 3. The fourth-order valence-electron chi connectivity index (χ4n) is 4.74. The molecule has 2 aromatic carbocycles. The highest BCUT2D eigenvalue weighted by Gasteiger charge is 2.40. The van der Waals surface area contributed by atoms with Gasteiger partial charge in [0.2, 0.25) is 0 Å². The second-order valence-corrected chi connectivity index (χ2v) is 8.21. The molecule has 0 unspecified atom stereocenters. The zero-order chi connectivity index (χ0) is 21.2. The molecule has 0 saturated carbocycles. The normalized spacial score (nSPS) is 19.9. The predicted molar refractivity (Wildman–Crippen MR) is 117 cm³/mol. The van der Waals surface area contributed by atoms with Crippen molar-refractivity contribution < 1.29 is 5.11 Å². The van der Waals surface area contributed by atoms with E-state index in [1.54, 1.807) is 0 Å². The van der Waals surface area contributed by atoms with E-state index in [-0.39, 0.29) is 0 Å². The monoisotopic (exact) mass is 404 g/mol. The van der Waals surface area contributed by atoms with Crippen LogP contribution in [0.4, 0.5) is 22.9 Å². The van der Waals surface area contributed by atoms with Gasteiger partial charge >= 0.3 is 5.69 Å². The van der Waals surface area contributed by atoms with Crippen LogP contribution in [0.25, 0.3) is 0 Å². The number of H-pyrrole nitrogens is 2. The van der Waals surface area contributed by atoms with E-state index < -0.39 is 23.4 Å². The number of aromatic nitrogens is 2. The largest absolute Gasteiger partial charge is 0.391 e. The molecule has 3 N–H and O–H groups in total. The van der Waals surface area contributed by atoms with Crippen LogP contribution in [0.2, 0.25) is 0 Å². The molecule has 0 bridgehead atoms. The van der Waals surface area contributed by atoms with Crippen molar-refractivity contribution in [2.45, 2.75) is 38.8 Å². The summed E-state index contributed by atoms with van der Waals surface area (Å²) in [6, 6.07) is 11.7. The van der Waals surface area contributed by atoms with Gasteiger partial charge < -0.3 is 14.9 Å². The minimum Gasteiger partial charge on any atom is -0.391 e. The van der Waals surface area contributed by atoms with Crippen molar-refractivity contribution in [3.05, 3.63) is 79.5 Å². The SMILES string of the molecule is Cc1cc2c(cc1C)N([C@@H]1c3ccccc3CC[C@H]1O)c1c([nH]c(=O)[nH]c1=O)N2C. The molecular weight excluding hydrogens is 380 g/mol. The van der Waals surface area contributed by atoms with Crippen LogP contribution < -0.4 is 21.0 Å². The molecule has 1 aromatic heterocycles. The highest BCUT2D eigenvalue weighted by Crippen LogP contribution is 2.51. The van der Waals surface area contributed by atoms with E-state index in [1.807, 2.05) is 48.9 Å². The van der Waals surface area contributed by atoms with Crippen molar-refractivity contribution in [1.82, 2.24) is 9.97 Å². The van der Waals surface area contributed by atoms with Gasteiger partial charge in [-0.25, -0.2) is 4.79 Å². The maximum atomic E-state index is 13.0. The number of nitrogens with one attached hydrogen (secondary N) is 2. The average molecular weight is 404 g/mol. The van der Waals surface area contributed by atoms with Crippen LogP contribution in [0.15, 0.2) is 46.0 Å². The molecule has 2 heterocycles. The summed E-state index contributed by atoms with van der Waals surface area (Å²) in [5.74, 6) is 0.426. The van der Waals surface area contributed by atoms with E-state index in [0.29, 0.717) is 17.9 Å². The first-order valence-corrected chi connectivity index (χ1v) is 10.1. The Labute approximate surface area is 173 Å². The first-order chi connectivity index (χ1) is 14.4. The summed E-state index contributed by atoms with van der Waals surface area (Å²) in [7, 11) is 1.84. The second kappa shape index (κ2) is 6.60. The number of aliphatic hydroxyl groups excluding tert-OH is 1. The van der Waals surface area contributed by atoms with Crippen molar-refractivity contribution in [3.8, 4) is 0 Å². The van der Waals surface area contributed by atoms with Crippen LogP contribution in [0.5, 0.6) is 0 Å². The maximum absolute atomic E-state index is 13.0. The molecule has 1 aliphatic heterocycles. The van der Waals surface area contributed by atoms with Gasteiger partial charge in [-0.05, 0) is 61.1 Å². The summed E-state index contributed by atoms with van der Waals surface area (Å²) in [6.45, 7) is 4.07. The first kappa shape index (κ1) is 18.7. The molecule has 0 spiro atoms. The third-order valence-corrected chi connectivity index (χ3v) is 6.41.